The quantitative estimate of drug-likeness (QED) is 0.278. The molecule has 0 aliphatic rings. The van der Waals surface area contributed by atoms with Gasteiger partial charge in [-0.2, -0.15) is 0 Å². The molecular formula is C29H36O2. The number of para-hydroxylation sites is 1. The zero-order valence-corrected chi connectivity index (χ0v) is 19.2. The topological polar surface area (TPSA) is 18.5 Å². The number of rotatable bonds is 12. The van der Waals surface area contributed by atoms with Crippen molar-refractivity contribution in [2.45, 2.75) is 52.6 Å². The first kappa shape index (κ1) is 23.1. The lowest BCUT2D eigenvalue weighted by Crippen LogP contribution is -2.17. The van der Waals surface area contributed by atoms with Crippen LogP contribution in [0.2, 0.25) is 0 Å². The summed E-state index contributed by atoms with van der Waals surface area (Å²) < 4.78 is 12.5. The summed E-state index contributed by atoms with van der Waals surface area (Å²) in [6.07, 6.45) is 5.21. The summed E-state index contributed by atoms with van der Waals surface area (Å²) in [6, 6.07) is 27.3. The van der Waals surface area contributed by atoms with E-state index in [9.17, 15) is 0 Å². The van der Waals surface area contributed by atoms with E-state index in [1.54, 1.807) is 0 Å². The van der Waals surface area contributed by atoms with E-state index in [-0.39, 0.29) is 6.10 Å². The second-order valence-electron chi connectivity index (χ2n) is 8.43. The van der Waals surface area contributed by atoms with Gasteiger partial charge < -0.3 is 9.47 Å². The Morgan fingerprint density at radius 2 is 1.29 bits per heavy atom. The molecule has 2 atom stereocenters. The van der Waals surface area contributed by atoms with Gasteiger partial charge in [-0.15, -0.1) is 0 Å². The average molecular weight is 417 g/mol. The lowest BCUT2D eigenvalue weighted by molar-refractivity contribution is 0.0312. The summed E-state index contributed by atoms with van der Waals surface area (Å²) in [5.74, 6) is 1.63. The molecule has 2 nitrogen and oxygen atoms in total. The number of benzene rings is 3. The third-order valence-corrected chi connectivity index (χ3v) is 5.70. The number of unbranched alkanes of at least 4 members (excludes halogenated alkanes) is 1. The Labute approximate surface area is 188 Å². The van der Waals surface area contributed by atoms with Gasteiger partial charge in [0, 0.05) is 11.1 Å². The highest BCUT2D eigenvalue weighted by atomic mass is 16.5. The van der Waals surface area contributed by atoms with Gasteiger partial charge in [0.05, 0.1) is 12.7 Å². The largest absolute Gasteiger partial charge is 0.490 e. The fourth-order valence-electron chi connectivity index (χ4n) is 4.08. The Balaban J connectivity index is 1.69. The molecule has 0 aliphatic carbocycles. The monoisotopic (exact) mass is 416 g/mol. The van der Waals surface area contributed by atoms with Crippen molar-refractivity contribution in [3.05, 3.63) is 78.9 Å². The Morgan fingerprint density at radius 1 is 0.710 bits per heavy atom. The standard InChI is InChI=1S/C29H36O2/c1-4-5-13-23(2)22-24(3)30-20-21-31-29-27(25-14-8-6-9-15-25)18-12-19-28(29)26-16-10-7-11-17-26/h6-12,14-19,23-24H,4-5,13,20-22H2,1-3H3. The lowest BCUT2D eigenvalue weighted by Gasteiger charge is -2.20. The Kier molecular flexibility index (Phi) is 9.17. The fourth-order valence-corrected chi connectivity index (χ4v) is 4.08. The van der Waals surface area contributed by atoms with E-state index in [0.717, 1.165) is 34.4 Å². The first-order chi connectivity index (χ1) is 15.2. The predicted octanol–water partition coefficient (Wildman–Crippen LogP) is 8.02. The molecule has 3 rings (SSSR count). The van der Waals surface area contributed by atoms with Gasteiger partial charge in [0.15, 0.2) is 0 Å². The maximum atomic E-state index is 6.37. The Hall–Kier alpha value is -2.58. The van der Waals surface area contributed by atoms with Crippen molar-refractivity contribution in [2.24, 2.45) is 5.92 Å². The van der Waals surface area contributed by atoms with Gasteiger partial charge in [-0.1, -0.05) is 112 Å². The fraction of sp³-hybridized carbons (Fsp3) is 0.379. The van der Waals surface area contributed by atoms with E-state index in [0.29, 0.717) is 19.1 Å². The van der Waals surface area contributed by atoms with Crippen LogP contribution in [0.15, 0.2) is 78.9 Å². The molecule has 0 saturated carbocycles. The van der Waals surface area contributed by atoms with Crippen LogP contribution in [0.25, 0.3) is 22.3 Å². The number of ether oxygens (including phenoxy) is 2. The molecule has 0 spiro atoms. The third-order valence-electron chi connectivity index (χ3n) is 5.70. The number of hydrogen-bond acceptors (Lipinski definition) is 2. The molecule has 3 aromatic carbocycles. The Bertz CT molecular complexity index is 831. The van der Waals surface area contributed by atoms with Gasteiger partial charge in [-0.3, -0.25) is 0 Å². The highest BCUT2D eigenvalue weighted by molar-refractivity contribution is 5.82. The molecule has 0 aliphatic heterocycles. The SMILES string of the molecule is CCCCC(C)CC(C)OCCOc1c(-c2ccccc2)cccc1-c1ccccc1. The molecule has 0 bridgehead atoms. The second kappa shape index (κ2) is 12.3. The molecule has 0 heterocycles. The first-order valence-electron chi connectivity index (χ1n) is 11.7. The Morgan fingerprint density at radius 3 is 1.84 bits per heavy atom. The van der Waals surface area contributed by atoms with Crippen LogP contribution in [-0.4, -0.2) is 19.3 Å². The van der Waals surface area contributed by atoms with Crippen LogP contribution < -0.4 is 4.74 Å². The van der Waals surface area contributed by atoms with Crippen LogP contribution in [0.4, 0.5) is 0 Å². The van der Waals surface area contributed by atoms with Crippen molar-refractivity contribution in [1.82, 2.24) is 0 Å². The summed E-state index contributed by atoms with van der Waals surface area (Å²) in [7, 11) is 0. The van der Waals surface area contributed by atoms with E-state index in [1.165, 1.54) is 19.3 Å². The van der Waals surface area contributed by atoms with E-state index in [1.807, 2.05) is 12.1 Å². The van der Waals surface area contributed by atoms with Crippen LogP contribution >= 0.6 is 0 Å². The molecule has 3 aromatic rings. The highest BCUT2D eigenvalue weighted by Gasteiger charge is 2.14. The van der Waals surface area contributed by atoms with Crippen LogP contribution in [0.5, 0.6) is 5.75 Å². The van der Waals surface area contributed by atoms with Gasteiger partial charge in [-0.25, -0.2) is 0 Å². The van der Waals surface area contributed by atoms with E-state index in [2.05, 4.69) is 87.5 Å². The van der Waals surface area contributed by atoms with Crippen LogP contribution in [-0.2, 0) is 4.74 Å². The highest BCUT2D eigenvalue weighted by Crippen LogP contribution is 2.39. The molecule has 2 unspecified atom stereocenters. The van der Waals surface area contributed by atoms with Crippen molar-refractivity contribution in [3.63, 3.8) is 0 Å². The molecule has 0 amide bonds. The van der Waals surface area contributed by atoms with Crippen molar-refractivity contribution >= 4 is 0 Å². The van der Waals surface area contributed by atoms with E-state index >= 15 is 0 Å². The molecule has 0 fully saturated rings. The maximum absolute atomic E-state index is 6.37. The number of hydrogen-bond donors (Lipinski definition) is 0. The lowest BCUT2D eigenvalue weighted by atomic mass is 9.97. The maximum Gasteiger partial charge on any atom is 0.135 e. The zero-order valence-electron chi connectivity index (χ0n) is 19.2. The predicted molar refractivity (Wildman–Crippen MR) is 132 cm³/mol. The molecule has 164 valence electrons. The second-order valence-corrected chi connectivity index (χ2v) is 8.43. The summed E-state index contributed by atoms with van der Waals surface area (Å²) in [6.45, 7) is 7.89. The van der Waals surface area contributed by atoms with Crippen LogP contribution in [0.3, 0.4) is 0 Å². The molecule has 0 N–H and O–H groups in total. The smallest absolute Gasteiger partial charge is 0.135 e. The summed E-state index contributed by atoms with van der Waals surface area (Å²) in [5.41, 5.74) is 4.55. The van der Waals surface area contributed by atoms with Crippen LogP contribution in [0.1, 0.15) is 46.5 Å². The van der Waals surface area contributed by atoms with Gasteiger partial charge in [-0.05, 0) is 30.4 Å². The first-order valence-corrected chi connectivity index (χ1v) is 11.7. The minimum atomic E-state index is 0.258. The van der Waals surface area contributed by atoms with Crippen molar-refractivity contribution < 1.29 is 9.47 Å². The molecule has 2 heteroatoms. The zero-order chi connectivity index (χ0) is 21.9. The van der Waals surface area contributed by atoms with Crippen molar-refractivity contribution in [3.8, 4) is 28.0 Å². The molecule has 0 aromatic heterocycles. The molecule has 31 heavy (non-hydrogen) atoms. The average Bonchev–Trinajstić information content (AvgIpc) is 2.81. The summed E-state index contributed by atoms with van der Waals surface area (Å²) >= 11 is 0. The molecule has 0 radical (unpaired) electrons. The van der Waals surface area contributed by atoms with Gasteiger partial charge in [0.1, 0.15) is 12.4 Å². The summed E-state index contributed by atoms with van der Waals surface area (Å²) in [5, 5.41) is 0. The third kappa shape index (κ3) is 6.97. The van der Waals surface area contributed by atoms with Crippen molar-refractivity contribution in [2.75, 3.05) is 13.2 Å². The van der Waals surface area contributed by atoms with E-state index < -0.39 is 0 Å². The van der Waals surface area contributed by atoms with Gasteiger partial charge >= 0.3 is 0 Å². The van der Waals surface area contributed by atoms with Gasteiger partial charge in [0.25, 0.3) is 0 Å². The van der Waals surface area contributed by atoms with Crippen LogP contribution in [0, 0.1) is 5.92 Å². The molecule has 0 saturated heterocycles. The minimum Gasteiger partial charge on any atom is -0.490 e. The van der Waals surface area contributed by atoms with E-state index in [4.69, 9.17) is 9.47 Å². The van der Waals surface area contributed by atoms with Crippen molar-refractivity contribution in [1.29, 1.82) is 0 Å². The summed E-state index contributed by atoms with van der Waals surface area (Å²) in [4.78, 5) is 0. The molecular weight excluding hydrogens is 380 g/mol. The minimum absolute atomic E-state index is 0.258. The normalized spacial score (nSPS) is 13.0. The van der Waals surface area contributed by atoms with Gasteiger partial charge in [0.2, 0.25) is 0 Å².